The summed E-state index contributed by atoms with van der Waals surface area (Å²) in [5.74, 6) is 0. The monoisotopic (exact) mass is 179 g/mol. The summed E-state index contributed by atoms with van der Waals surface area (Å²) in [6, 6.07) is -0.152. The van der Waals surface area contributed by atoms with Crippen molar-refractivity contribution >= 4 is 6.09 Å². The Morgan fingerprint density at radius 3 is 2.92 bits per heavy atom. The average Bonchev–Trinajstić information content (AvgIpc) is 2.53. The van der Waals surface area contributed by atoms with Gasteiger partial charge in [-0.25, -0.2) is 4.79 Å². The van der Waals surface area contributed by atoms with E-state index in [2.05, 4.69) is 15.3 Å². The second-order valence-corrected chi connectivity index (χ2v) is 2.88. The number of carbonyl (C=O) groups excluding carboxylic acids is 1. The summed E-state index contributed by atoms with van der Waals surface area (Å²) < 4.78 is 4.73. The number of ether oxygens (including phenoxy) is 1. The van der Waals surface area contributed by atoms with E-state index in [1.54, 1.807) is 12.4 Å². The lowest BCUT2D eigenvalue weighted by atomic mass is 10.2. The van der Waals surface area contributed by atoms with Gasteiger partial charge < -0.3 is 10.1 Å². The number of aryl methyl sites for hydroxylation is 1. The Hall–Kier alpha value is -1.65. The molecule has 1 atom stereocenters. The SMILES string of the molecule is Cc1cnc(C2COC(=O)N2)cn1. The zero-order valence-corrected chi connectivity index (χ0v) is 7.15. The minimum absolute atomic E-state index is 0.152. The number of cyclic esters (lactones) is 1. The highest BCUT2D eigenvalue weighted by atomic mass is 16.6. The fraction of sp³-hybridized carbons (Fsp3) is 0.375. The number of rotatable bonds is 1. The molecule has 1 fully saturated rings. The quantitative estimate of drug-likeness (QED) is 0.684. The molecule has 0 saturated carbocycles. The summed E-state index contributed by atoms with van der Waals surface area (Å²) in [4.78, 5) is 18.9. The van der Waals surface area contributed by atoms with Gasteiger partial charge in [0.1, 0.15) is 12.6 Å². The van der Waals surface area contributed by atoms with Gasteiger partial charge in [0, 0.05) is 6.20 Å². The number of nitrogens with zero attached hydrogens (tertiary/aromatic N) is 2. The molecule has 2 rings (SSSR count). The molecule has 1 aliphatic rings. The second kappa shape index (κ2) is 3.01. The molecule has 0 aromatic carbocycles. The fourth-order valence-electron chi connectivity index (χ4n) is 1.13. The van der Waals surface area contributed by atoms with Gasteiger partial charge in [-0.15, -0.1) is 0 Å². The van der Waals surface area contributed by atoms with Crippen molar-refractivity contribution in [2.24, 2.45) is 0 Å². The summed E-state index contributed by atoms with van der Waals surface area (Å²) in [5, 5.41) is 2.63. The van der Waals surface area contributed by atoms with E-state index in [4.69, 9.17) is 4.74 Å². The summed E-state index contributed by atoms with van der Waals surface area (Å²) in [6.07, 6.45) is 2.92. The van der Waals surface area contributed by atoms with Crippen LogP contribution in [0.2, 0.25) is 0 Å². The van der Waals surface area contributed by atoms with Crippen molar-refractivity contribution < 1.29 is 9.53 Å². The van der Waals surface area contributed by atoms with Crippen molar-refractivity contribution in [1.29, 1.82) is 0 Å². The second-order valence-electron chi connectivity index (χ2n) is 2.88. The maximum atomic E-state index is 10.7. The normalized spacial score (nSPS) is 21.0. The van der Waals surface area contributed by atoms with E-state index in [9.17, 15) is 4.79 Å². The summed E-state index contributed by atoms with van der Waals surface area (Å²) in [5.41, 5.74) is 1.59. The summed E-state index contributed by atoms with van der Waals surface area (Å²) >= 11 is 0. The molecule has 0 aliphatic carbocycles. The van der Waals surface area contributed by atoms with Gasteiger partial charge in [-0.1, -0.05) is 0 Å². The van der Waals surface area contributed by atoms with Crippen LogP contribution >= 0.6 is 0 Å². The van der Waals surface area contributed by atoms with Gasteiger partial charge in [-0.05, 0) is 6.92 Å². The largest absolute Gasteiger partial charge is 0.447 e. The standard InChI is InChI=1S/C8H9N3O2/c1-5-2-10-6(3-9-5)7-4-13-8(12)11-7/h2-3,7H,4H2,1H3,(H,11,12). The third-order valence-corrected chi connectivity index (χ3v) is 1.83. The smallest absolute Gasteiger partial charge is 0.407 e. The van der Waals surface area contributed by atoms with Gasteiger partial charge in [0.15, 0.2) is 0 Å². The first-order valence-electron chi connectivity index (χ1n) is 3.97. The molecular formula is C8H9N3O2. The van der Waals surface area contributed by atoms with Crippen LogP contribution in [0.25, 0.3) is 0 Å². The molecule has 1 saturated heterocycles. The van der Waals surface area contributed by atoms with Gasteiger partial charge >= 0.3 is 6.09 Å². The predicted octanol–water partition coefficient (Wildman–Crippen LogP) is 0.566. The highest BCUT2D eigenvalue weighted by molar-refractivity contribution is 5.69. The van der Waals surface area contributed by atoms with Crippen LogP contribution in [0.15, 0.2) is 12.4 Å². The molecule has 1 unspecified atom stereocenters. The Kier molecular flexibility index (Phi) is 1.84. The van der Waals surface area contributed by atoms with Crippen molar-refractivity contribution in [2.75, 3.05) is 6.61 Å². The predicted molar refractivity (Wildman–Crippen MR) is 44.0 cm³/mol. The van der Waals surface area contributed by atoms with E-state index < -0.39 is 6.09 Å². The fourth-order valence-corrected chi connectivity index (χ4v) is 1.13. The Bertz CT molecular complexity index is 323. The number of hydrogen-bond acceptors (Lipinski definition) is 4. The first-order valence-corrected chi connectivity index (χ1v) is 3.97. The Balaban J connectivity index is 2.17. The summed E-state index contributed by atoms with van der Waals surface area (Å²) in [7, 11) is 0. The van der Waals surface area contributed by atoms with Crippen LogP contribution in [0.1, 0.15) is 17.4 Å². The Labute approximate surface area is 75.1 Å². The minimum atomic E-state index is -0.396. The molecule has 2 heterocycles. The van der Waals surface area contributed by atoms with Gasteiger partial charge in [0.25, 0.3) is 0 Å². The Morgan fingerprint density at radius 1 is 1.54 bits per heavy atom. The lowest BCUT2D eigenvalue weighted by Crippen LogP contribution is -2.19. The van der Waals surface area contributed by atoms with Crippen molar-refractivity contribution in [1.82, 2.24) is 15.3 Å². The number of hydrogen-bond donors (Lipinski definition) is 1. The van der Waals surface area contributed by atoms with Crippen LogP contribution in [-0.4, -0.2) is 22.7 Å². The van der Waals surface area contributed by atoms with E-state index in [1.807, 2.05) is 6.92 Å². The van der Waals surface area contributed by atoms with Crippen LogP contribution in [0.3, 0.4) is 0 Å². The number of alkyl carbamates (subject to hydrolysis) is 1. The molecule has 5 heteroatoms. The van der Waals surface area contributed by atoms with Gasteiger partial charge in [-0.2, -0.15) is 0 Å². The van der Waals surface area contributed by atoms with Crippen LogP contribution in [0, 0.1) is 6.92 Å². The van der Waals surface area contributed by atoms with Gasteiger partial charge in [0.2, 0.25) is 0 Å². The molecular weight excluding hydrogens is 170 g/mol. The zero-order chi connectivity index (χ0) is 9.26. The average molecular weight is 179 g/mol. The molecule has 0 spiro atoms. The molecule has 13 heavy (non-hydrogen) atoms. The maximum Gasteiger partial charge on any atom is 0.407 e. The summed E-state index contributed by atoms with van der Waals surface area (Å²) in [6.45, 7) is 2.19. The van der Waals surface area contributed by atoms with Crippen LogP contribution in [0.4, 0.5) is 4.79 Å². The van der Waals surface area contributed by atoms with E-state index >= 15 is 0 Å². The van der Waals surface area contributed by atoms with E-state index in [0.717, 1.165) is 11.4 Å². The van der Waals surface area contributed by atoms with Crippen LogP contribution in [0.5, 0.6) is 0 Å². The molecule has 1 aromatic rings. The lowest BCUT2D eigenvalue weighted by Gasteiger charge is -2.04. The number of aromatic nitrogens is 2. The van der Waals surface area contributed by atoms with Crippen LogP contribution < -0.4 is 5.32 Å². The molecule has 1 N–H and O–H groups in total. The molecule has 5 nitrogen and oxygen atoms in total. The number of amides is 1. The first-order chi connectivity index (χ1) is 6.25. The number of nitrogens with one attached hydrogen (secondary N) is 1. The molecule has 68 valence electrons. The van der Waals surface area contributed by atoms with Gasteiger partial charge in [-0.3, -0.25) is 9.97 Å². The van der Waals surface area contributed by atoms with Crippen molar-refractivity contribution in [3.05, 3.63) is 23.8 Å². The molecule has 1 aromatic heterocycles. The minimum Gasteiger partial charge on any atom is -0.447 e. The van der Waals surface area contributed by atoms with Crippen LogP contribution in [-0.2, 0) is 4.74 Å². The van der Waals surface area contributed by atoms with E-state index in [1.165, 1.54) is 0 Å². The third kappa shape index (κ3) is 1.58. The zero-order valence-electron chi connectivity index (χ0n) is 7.15. The molecule has 1 amide bonds. The molecule has 0 radical (unpaired) electrons. The van der Waals surface area contributed by atoms with E-state index in [0.29, 0.717) is 6.61 Å². The Morgan fingerprint density at radius 2 is 2.38 bits per heavy atom. The van der Waals surface area contributed by atoms with Crippen molar-refractivity contribution in [3.8, 4) is 0 Å². The third-order valence-electron chi connectivity index (χ3n) is 1.83. The molecule has 1 aliphatic heterocycles. The lowest BCUT2D eigenvalue weighted by molar-refractivity contribution is 0.177. The van der Waals surface area contributed by atoms with Crippen molar-refractivity contribution in [2.45, 2.75) is 13.0 Å². The highest BCUT2D eigenvalue weighted by Gasteiger charge is 2.24. The highest BCUT2D eigenvalue weighted by Crippen LogP contribution is 2.14. The first kappa shape index (κ1) is 7.97. The number of carbonyl (C=O) groups is 1. The van der Waals surface area contributed by atoms with Crippen molar-refractivity contribution in [3.63, 3.8) is 0 Å². The van der Waals surface area contributed by atoms with E-state index in [-0.39, 0.29) is 6.04 Å². The topological polar surface area (TPSA) is 64.1 Å². The van der Waals surface area contributed by atoms with Gasteiger partial charge in [0.05, 0.1) is 17.6 Å². The molecule has 0 bridgehead atoms. The maximum absolute atomic E-state index is 10.7.